The molecule has 0 fully saturated rings. The van der Waals surface area contributed by atoms with Crippen molar-refractivity contribution in [2.75, 3.05) is 20.8 Å². The Bertz CT molecular complexity index is 432. The summed E-state index contributed by atoms with van der Waals surface area (Å²) in [5.41, 5.74) is 6.99. The van der Waals surface area contributed by atoms with Crippen LogP contribution in [0.1, 0.15) is 39.2 Å². The molecule has 0 heterocycles. The van der Waals surface area contributed by atoms with Gasteiger partial charge < -0.3 is 19.9 Å². The predicted molar refractivity (Wildman–Crippen MR) is 86.2 cm³/mol. The first-order valence-corrected chi connectivity index (χ1v) is 7.52. The number of rotatable bonds is 9. The second kappa shape index (κ2) is 8.25. The van der Waals surface area contributed by atoms with Crippen LogP contribution >= 0.6 is 0 Å². The molecule has 1 unspecified atom stereocenters. The Kier molecular flexibility index (Phi) is 6.99. The molecule has 0 aromatic heterocycles. The third-order valence-corrected chi connectivity index (χ3v) is 3.79. The molecule has 21 heavy (non-hydrogen) atoms. The maximum atomic E-state index is 6.07. The van der Waals surface area contributed by atoms with Gasteiger partial charge in [-0.1, -0.05) is 6.92 Å². The molecule has 0 aliphatic heterocycles. The molecule has 0 bridgehead atoms. The lowest BCUT2D eigenvalue weighted by Crippen LogP contribution is -2.25. The van der Waals surface area contributed by atoms with Gasteiger partial charge in [0.2, 0.25) is 0 Å². The van der Waals surface area contributed by atoms with E-state index < -0.39 is 0 Å². The zero-order chi connectivity index (χ0) is 15.9. The maximum absolute atomic E-state index is 6.07. The fraction of sp³-hybridized carbons (Fsp3) is 0.647. The molecular formula is C17H29NO3. The molecule has 4 nitrogen and oxygen atoms in total. The molecule has 1 aromatic carbocycles. The summed E-state index contributed by atoms with van der Waals surface area (Å²) in [6.45, 7) is 6.81. The third kappa shape index (κ3) is 5.94. The summed E-state index contributed by atoms with van der Waals surface area (Å²) in [6.07, 6.45) is 2.55. The molecule has 1 atom stereocenters. The van der Waals surface area contributed by atoms with Crippen LogP contribution in [0, 0.1) is 0 Å². The smallest absolute Gasteiger partial charge is 0.122 e. The van der Waals surface area contributed by atoms with E-state index in [0.717, 1.165) is 36.3 Å². The van der Waals surface area contributed by atoms with Gasteiger partial charge in [-0.3, -0.25) is 0 Å². The Morgan fingerprint density at radius 2 is 1.95 bits per heavy atom. The van der Waals surface area contributed by atoms with Crippen LogP contribution in [0.3, 0.4) is 0 Å². The van der Waals surface area contributed by atoms with Crippen LogP contribution in [0.5, 0.6) is 11.5 Å². The van der Waals surface area contributed by atoms with Crippen LogP contribution in [-0.2, 0) is 11.2 Å². The van der Waals surface area contributed by atoms with Gasteiger partial charge in [0.15, 0.2) is 0 Å². The Hall–Kier alpha value is -1.26. The van der Waals surface area contributed by atoms with Crippen molar-refractivity contribution in [2.24, 2.45) is 5.73 Å². The second-order valence-electron chi connectivity index (χ2n) is 5.91. The largest absolute Gasteiger partial charge is 0.497 e. The fourth-order valence-corrected chi connectivity index (χ4v) is 1.92. The molecular weight excluding hydrogens is 266 g/mol. The van der Waals surface area contributed by atoms with E-state index in [-0.39, 0.29) is 11.6 Å². The van der Waals surface area contributed by atoms with Gasteiger partial charge in [0.25, 0.3) is 0 Å². The molecule has 4 heteroatoms. The number of hydrogen-bond donors (Lipinski definition) is 1. The minimum Gasteiger partial charge on any atom is -0.497 e. The molecule has 0 aliphatic rings. The van der Waals surface area contributed by atoms with Gasteiger partial charge in [-0.05, 0) is 50.5 Å². The summed E-state index contributed by atoms with van der Waals surface area (Å²) in [4.78, 5) is 0. The summed E-state index contributed by atoms with van der Waals surface area (Å²) in [7, 11) is 3.39. The van der Waals surface area contributed by atoms with Gasteiger partial charge in [0.1, 0.15) is 11.5 Å². The molecule has 2 N–H and O–H groups in total. The first-order valence-electron chi connectivity index (χ1n) is 7.52. The monoisotopic (exact) mass is 295 g/mol. The van der Waals surface area contributed by atoms with Crippen LogP contribution in [0.25, 0.3) is 0 Å². The standard InChI is InChI=1S/C17H29NO3/c1-6-14(18)11-13-12-15(19-4)7-8-16(13)21-10-9-17(2,3)20-5/h7-8,12,14H,6,9-11,18H2,1-5H3. The van der Waals surface area contributed by atoms with Crippen LogP contribution in [0.4, 0.5) is 0 Å². The van der Waals surface area contributed by atoms with Crippen molar-refractivity contribution in [2.45, 2.75) is 51.7 Å². The SMILES string of the molecule is CCC(N)Cc1cc(OC)ccc1OCCC(C)(C)OC. The first-order chi connectivity index (χ1) is 9.91. The molecule has 1 aromatic rings. The fourth-order valence-electron chi connectivity index (χ4n) is 1.92. The van der Waals surface area contributed by atoms with E-state index in [1.54, 1.807) is 14.2 Å². The van der Waals surface area contributed by atoms with E-state index >= 15 is 0 Å². The third-order valence-electron chi connectivity index (χ3n) is 3.79. The molecule has 0 amide bonds. The zero-order valence-corrected chi connectivity index (χ0v) is 13.9. The summed E-state index contributed by atoms with van der Waals surface area (Å²) in [6, 6.07) is 6.01. The molecule has 120 valence electrons. The summed E-state index contributed by atoms with van der Waals surface area (Å²) in [5.74, 6) is 1.71. The summed E-state index contributed by atoms with van der Waals surface area (Å²) >= 11 is 0. The van der Waals surface area contributed by atoms with Crippen molar-refractivity contribution >= 4 is 0 Å². The number of nitrogens with two attached hydrogens (primary N) is 1. The maximum Gasteiger partial charge on any atom is 0.122 e. The average molecular weight is 295 g/mol. The Labute approximate surface area is 128 Å². The van der Waals surface area contributed by atoms with Crippen molar-refractivity contribution in [1.82, 2.24) is 0 Å². The lowest BCUT2D eigenvalue weighted by Gasteiger charge is -2.23. The van der Waals surface area contributed by atoms with E-state index in [0.29, 0.717) is 6.61 Å². The lowest BCUT2D eigenvalue weighted by atomic mass is 10.0. The van der Waals surface area contributed by atoms with Crippen molar-refractivity contribution in [1.29, 1.82) is 0 Å². The van der Waals surface area contributed by atoms with Gasteiger partial charge in [0, 0.05) is 19.6 Å². The van der Waals surface area contributed by atoms with Crippen LogP contribution in [0.15, 0.2) is 18.2 Å². The van der Waals surface area contributed by atoms with E-state index in [2.05, 4.69) is 20.8 Å². The highest BCUT2D eigenvalue weighted by atomic mass is 16.5. The van der Waals surface area contributed by atoms with E-state index in [4.69, 9.17) is 19.9 Å². The normalized spacial score (nSPS) is 13.0. The molecule has 1 rings (SSSR count). The van der Waals surface area contributed by atoms with E-state index in [1.165, 1.54) is 0 Å². The minimum atomic E-state index is -0.174. The van der Waals surface area contributed by atoms with Crippen LogP contribution < -0.4 is 15.2 Å². The topological polar surface area (TPSA) is 53.7 Å². The minimum absolute atomic E-state index is 0.134. The lowest BCUT2D eigenvalue weighted by molar-refractivity contribution is 0.00536. The molecule has 0 saturated heterocycles. The Morgan fingerprint density at radius 3 is 2.52 bits per heavy atom. The second-order valence-corrected chi connectivity index (χ2v) is 5.91. The van der Waals surface area contributed by atoms with Crippen molar-refractivity contribution in [3.63, 3.8) is 0 Å². The van der Waals surface area contributed by atoms with Crippen LogP contribution in [-0.4, -0.2) is 32.5 Å². The molecule has 0 radical (unpaired) electrons. The van der Waals surface area contributed by atoms with Gasteiger partial charge in [0.05, 0.1) is 19.3 Å². The van der Waals surface area contributed by atoms with Crippen molar-refractivity contribution in [3.05, 3.63) is 23.8 Å². The highest BCUT2D eigenvalue weighted by molar-refractivity contribution is 5.40. The number of ether oxygens (including phenoxy) is 3. The quantitative estimate of drug-likeness (QED) is 0.760. The highest BCUT2D eigenvalue weighted by Crippen LogP contribution is 2.26. The van der Waals surface area contributed by atoms with E-state index in [1.807, 2.05) is 18.2 Å². The number of benzene rings is 1. The average Bonchev–Trinajstić information content (AvgIpc) is 2.48. The predicted octanol–water partition coefficient (Wildman–Crippen LogP) is 3.17. The molecule has 0 spiro atoms. The van der Waals surface area contributed by atoms with Gasteiger partial charge in [-0.25, -0.2) is 0 Å². The highest BCUT2D eigenvalue weighted by Gasteiger charge is 2.17. The van der Waals surface area contributed by atoms with Crippen molar-refractivity contribution < 1.29 is 14.2 Å². The Balaban J connectivity index is 2.75. The van der Waals surface area contributed by atoms with Gasteiger partial charge >= 0.3 is 0 Å². The number of hydrogen-bond acceptors (Lipinski definition) is 4. The summed E-state index contributed by atoms with van der Waals surface area (Å²) in [5, 5.41) is 0. The first kappa shape index (κ1) is 17.8. The van der Waals surface area contributed by atoms with Crippen LogP contribution in [0.2, 0.25) is 0 Å². The molecule has 0 aliphatic carbocycles. The zero-order valence-electron chi connectivity index (χ0n) is 13.9. The van der Waals surface area contributed by atoms with Gasteiger partial charge in [-0.2, -0.15) is 0 Å². The van der Waals surface area contributed by atoms with Crippen molar-refractivity contribution in [3.8, 4) is 11.5 Å². The summed E-state index contributed by atoms with van der Waals surface area (Å²) < 4.78 is 16.6. The van der Waals surface area contributed by atoms with E-state index in [9.17, 15) is 0 Å². The number of methoxy groups -OCH3 is 2. The Morgan fingerprint density at radius 1 is 1.24 bits per heavy atom. The van der Waals surface area contributed by atoms with Gasteiger partial charge in [-0.15, -0.1) is 0 Å². The molecule has 0 saturated carbocycles.